The SMILES string of the molecule is O=C(NCC(c1cccs1)N1CCOCC1)c1ccc[n+]([O-])c1. The molecule has 1 unspecified atom stereocenters. The van der Waals surface area contributed by atoms with Gasteiger partial charge in [-0.05, 0) is 17.5 Å². The number of nitrogens with one attached hydrogen (secondary N) is 1. The first-order valence-corrected chi connectivity index (χ1v) is 8.44. The zero-order valence-corrected chi connectivity index (χ0v) is 13.5. The molecular weight excluding hydrogens is 314 g/mol. The minimum Gasteiger partial charge on any atom is -0.619 e. The molecule has 122 valence electrons. The highest BCUT2D eigenvalue weighted by Crippen LogP contribution is 2.25. The molecule has 6 nitrogen and oxygen atoms in total. The van der Waals surface area contributed by atoms with Gasteiger partial charge in [0, 0.05) is 30.6 Å². The Hall–Kier alpha value is -1.96. The molecule has 1 amide bonds. The van der Waals surface area contributed by atoms with E-state index >= 15 is 0 Å². The van der Waals surface area contributed by atoms with Gasteiger partial charge in [-0.25, -0.2) is 0 Å². The Balaban J connectivity index is 1.67. The van der Waals surface area contributed by atoms with E-state index in [2.05, 4.69) is 16.3 Å². The first-order chi connectivity index (χ1) is 11.2. The molecule has 2 aromatic heterocycles. The van der Waals surface area contributed by atoms with Gasteiger partial charge in [0.15, 0.2) is 12.4 Å². The lowest BCUT2D eigenvalue weighted by Gasteiger charge is -2.34. The Morgan fingerprint density at radius 3 is 2.91 bits per heavy atom. The molecule has 2 aromatic rings. The molecule has 0 aromatic carbocycles. The van der Waals surface area contributed by atoms with Gasteiger partial charge in [-0.1, -0.05) is 6.07 Å². The van der Waals surface area contributed by atoms with Crippen LogP contribution in [-0.4, -0.2) is 43.7 Å². The molecular formula is C16H19N3O3S. The number of hydrogen-bond donors (Lipinski definition) is 1. The van der Waals surface area contributed by atoms with E-state index in [0.29, 0.717) is 30.1 Å². The summed E-state index contributed by atoms with van der Waals surface area (Å²) in [5, 5.41) is 16.3. The largest absolute Gasteiger partial charge is 0.619 e. The molecule has 1 atom stereocenters. The lowest BCUT2D eigenvalue weighted by molar-refractivity contribution is -0.605. The van der Waals surface area contributed by atoms with Crippen LogP contribution in [0.4, 0.5) is 0 Å². The number of amides is 1. The predicted molar refractivity (Wildman–Crippen MR) is 87.2 cm³/mol. The van der Waals surface area contributed by atoms with Gasteiger partial charge in [0.05, 0.1) is 19.3 Å². The van der Waals surface area contributed by atoms with E-state index in [1.807, 2.05) is 11.4 Å². The maximum Gasteiger partial charge on any atom is 0.257 e. The van der Waals surface area contributed by atoms with Crippen LogP contribution in [0.1, 0.15) is 21.3 Å². The fourth-order valence-electron chi connectivity index (χ4n) is 2.66. The maximum absolute atomic E-state index is 12.3. The maximum atomic E-state index is 12.3. The Kier molecular flexibility index (Phi) is 5.22. The predicted octanol–water partition coefficient (Wildman–Crippen LogP) is 1.18. The molecule has 1 N–H and O–H groups in total. The van der Waals surface area contributed by atoms with Crippen molar-refractivity contribution in [3.05, 3.63) is 57.7 Å². The van der Waals surface area contributed by atoms with Gasteiger partial charge >= 0.3 is 0 Å². The third-order valence-electron chi connectivity index (χ3n) is 3.85. The molecule has 0 bridgehead atoms. The van der Waals surface area contributed by atoms with Crippen molar-refractivity contribution in [2.45, 2.75) is 6.04 Å². The summed E-state index contributed by atoms with van der Waals surface area (Å²) in [6.45, 7) is 3.64. The van der Waals surface area contributed by atoms with Crippen molar-refractivity contribution in [3.63, 3.8) is 0 Å². The summed E-state index contributed by atoms with van der Waals surface area (Å²) in [6.07, 6.45) is 2.64. The summed E-state index contributed by atoms with van der Waals surface area (Å²) in [7, 11) is 0. The second-order valence-electron chi connectivity index (χ2n) is 5.34. The summed E-state index contributed by atoms with van der Waals surface area (Å²) >= 11 is 1.69. The molecule has 0 saturated carbocycles. The Morgan fingerprint density at radius 2 is 2.22 bits per heavy atom. The van der Waals surface area contributed by atoms with Crippen LogP contribution in [0.2, 0.25) is 0 Å². The van der Waals surface area contributed by atoms with E-state index in [4.69, 9.17) is 4.74 Å². The number of pyridine rings is 1. The van der Waals surface area contributed by atoms with Crippen LogP contribution in [0, 0.1) is 5.21 Å². The molecule has 3 rings (SSSR count). The number of carbonyl (C=O) groups excluding carboxylic acids is 1. The van der Waals surface area contributed by atoms with Crippen molar-refractivity contribution in [1.82, 2.24) is 10.2 Å². The lowest BCUT2D eigenvalue weighted by atomic mass is 10.1. The van der Waals surface area contributed by atoms with Gasteiger partial charge < -0.3 is 15.3 Å². The fraction of sp³-hybridized carbons (Fsp3) is 0.375. The van der Waals surface area contributed by atoms with Crippen molar-refractivity contribution in [2.24, 2.45) is 0 Å². The highest BCUT2D eigenvalue weighted by atomic mass is 32.1. The van der Waals surface area contributed by atoms with Crippen LogP contribution >= 0.6 is 11.3 Å². The smallest absolute Gasteiger partial charge is 0.257 e. The van der Waals surface area contributed by atoms with Crippen LogP contribution in [0.15, 0.2) is 42.0 Å². The molecule has 23 heavy (non-hydrogen) atoms. The van der Waals surface area contributed by atoms with E-state index < -0.39 is 0 Å². The molecule has 0 aliphatic carbocycles. The second-order valence-corrected chi connectivity index (χ2v) is 6.32. The highest BCUT2D eigenvalue weighted by Gasteiger charge is 2.24. The summed E-state index contributed by atoms with van der Waals surface area (Å²) in [4.78, 5) is 15.8. The van der Waals surface area contributed by atoms with Crippen molar-refractivity contribution < 1.29 is 14.3 Å². The van der Waals surface area contributed by atoms with E-state index in [1.165, 1.54) is 17.3 Å². The molecule has 1 fully saturated rings. The van der Waals surface area contributed by atoms with Crippen molar-refractivity contribution >= 4 is 17.2 Å². The summed E-state index contributed by atoms with van der Waals surface area (Å²) in [6, 6.07) is 7.45. The van der Waals surface area contributed by atoms with Gasteiger partial charge in [0.25, 0.3) is 5.91 Å². The minimum atomic E-state index is -0.231. The third kappa shape index (κ3) is 4.07. The average Bonchev–Trinajstić information content (AvgIpc) is 3.10. The molecule has 0 radical (unpaired) electrons. The topological polar surface area (TPSA) is 68.5 Å². The minimum absolute atomic E-state index is 0.130. The number of nitrogens with zero attached hydrogens (tertiary/aromatic N) is 2. The second kappa shape index (κ2) is 7.54. The zero-order valence-electron chi connectivity index (χ0n) is 12.7. The number of rotatable bonds is 5. The Bertz CT molecular complexity index is 642. The van der Waals surface area contributed by atoms with E-state index in [1.54, 1.807) is 23.5 Å². The number of aromatic nitrogens is 1. The monoisotopic (exact) mass is 333 g/mol. The first kappa shape index (κ1) is 15.9. The highest BCUT2D eigenvalue weighted by molar-refractivity contribution is 7.10. The fourth-order valence-corrected chi connectivity index (χ4v) is 3.52. The van der Waals surface area contributed by atoms with Crippen LogP contribution < -0.4 is 10.0 Å². The average molecular weight is 333 g/mol. The van der Waals surface area contributed by atoms with E-state index in [9.17, 15) is 10.0 Å². The molecule has 1 aliphatic rings. The van der Waals surface area contributed by atoms with Crippen LogP contribution in [0.3, 0.4) is 0 Å². The van der Waals surface area contributed by atoms with Gasteiger partial charge in [-0.3, -0.25) is 9.69 Å². The Morgan fingerprint density at radius 1 is 1.39 bits per heavy atom. The van der Waals surface area contributed by atoms with Crippen LogP contribution in [0.25, 0.3) is 0 Å². The van der Waals surface area contributed by atoms with Gasteiger partial charge in [-0.15, -0.1) is 11.3 Å². The van der Waals surface area contributed by atoms with Gasteiger partial charge in [0.1, 0.15) is 5.56 Å². The summed E-state index contributed by atoms with van der Waals surface area (Å²) in [5.41, 5.74) is 0.370. The zero-order chi connectivity index (χ0) is 16.1. The van der Waals surface area contributed by atoms with E-state index in [0.717, 1.165) is 13.1 Å². The third-order valence-corrected chi connectivity index (χ3v) is 4.82. The van der Waals surface area contributed by atoms with E-state index in [-0.39, 0.29) is 11.9 Å². The number of thiophene rings is 1. The summed E-state index contributed by atoms with van der Waals surface area (Å²) in [5.74, 6) is -0.231. The number of ether oxygens (including phenoxy) is 1. The normalized spacial score (nSPS) is 16.9. The molecule has 7 heteroatoms. The number of hydrogen-bond acceptors (Lipinski definition) is 5. The van der Waals surface area contributed by atoms with Crippen LogP contribution in [-0.2, 0) is 4.74 Å². The lowest BCUT2D eigenvalue weighted by Crippen LogP contribution is -2.43. The van der Waals surface area contributed by atoms with Gasteiger partial charge in [0.2, 0.25) is 0 Å². The van der Waals surface area contributed by atoms with Gasteiger partial charge in [-0.2, -0.15) is 4.73 Å². The quantitative estimate of drug-likeness (QED) is 0.659. The van der Waals surface area contributed by atoms with Crippen LogP contribution in [0.5, 0.6) is 0 Å². The molecule has 1 saturated heterocycles. The number of carbonyl (C=O) groups is 1. The first-order valence-electron chi connectivity index (χ1n) is 7.56. The summed E-state index contributed by atoms with van der Waals surface area (Å²) < 4.78 is 6.04. The van der Waals surface area contributed by atoms with Crippen molar-refractivity contribution in [1.29, 1.82) is 0 Å². The van der Waals surface area contributed by atoms with Crippen molar-refractivity contribution in [2.75, 3.05) is 32.8 Å². The Labute approximate surface area is 138 Å². The number of morpholine rings is 1. The van der Waals surface area contributed by atoms with Crippen molar-refractivity contribution in [3.8, 4) is 0 Å². The standard InChI is InChI=1S/C16H19N3O3S/c20-16(13-3-1-5-19(21)12-13)17-11-14(15-4-2-10-23-15)18-6-8-22-9-7-18/h1-5,10,12,14H,6-9,11H2,(H,17,20). The molecule has 3 heterocycles. The molecule has 0 spiro atoms. The molecule has 1 aliphatic heterocycles.